The largest absolute Gasteiger partial charge is 0.459 e. The molecule has 0 aliphatic carbocycles. The van der Waals surface area contributed by atoms with Gasteiger partial charge in [-0.25, -0.2) is 4.79 Å². The second kappa shape index (κ2) is 8.50. The lowest BCUT2D eigenvalue weighted by molar-refractivity contribution is 0.0245. The number of hydrogen-bond donors (Lipinski definition) is 0. The Bertz CT molecular complexity index is 843. The molecule has 1 heterocycles. The van der Waals surface area contributed by atoms with Crippen LogP contribution in [-0.4, -0.2) is 30.9 Å². The van der Waals surface area contributed by atoms with Crippen LogP contribution in [0, 0.1) is 11.3 Å². The quantitative estimate of drug-likeness (QED) is 0.598. The molecule has 0 bridgehead atoms. The lowest BCUT2D eigenvalue weighted by Crippen LogP contribution is -2.37. The topological polar surface area (TPSA) is 70.4 Å². The van der Waals surface area contributed by atoms with Gasteiger partial charge >= 0.3 is 5.97 Å². The van der Waals surface area contributed by atoms with Gasteiger partial charge in [0.2, 0.25) is 0 Å². The molecule has 138 valence electrons. The minimum Gasteiger partial charge on any atom is -0.459 e. The molecule has 1 aliphatic rings. The second-order valence-corrected chi connectivity index (χ2v) is 6.73. The average Bonchev–Trinajstić information content (AvgIpc) is 2.69. The van der Waals surface area contributed by atoms with E-state index in [0.29, 0.717) is 17.5 Å². The summed E-state index contributed by atoms with van der Waals surface area (Å²) >= 11 is 0. The third kappa shape index (κ3) is 4.73. The van der Waals surface area contributed by atoms with E-state index in [-0.39, 0.29) is 17.9 Å². The first kappa shape index (κ1) is 18.7. The second-order valence-electron chi connectivity index (χ2n) is 6.73. The maximum atomic E-state index is 12.3. The van der Waals surface area contributed by atoms with E-state index in [4.69, 9.17) is 10.00 Å². The van der Waals surface area contributed by atoms with Crippen LogP contribution in [0.2, 0.25) is 0 Å². The normalized spacial score (nSPS) is 14.4. The number of nitriles is 1. The van der Waals surface area contributed by atoms with Crippen molar-refractivity contribution in [3.63, 3.8) is 0 Å². The van der Waals surface area contributed by atoms with Crippen LogP contribution in [0.4, 0.5) is 5.69 Å². The SMILES string of the molecule is CC(=O)c1ccc(N2CCC(OC(=O)c3ccc(CC#N)cc3)CC2)cc1. The van der Waals surface area contributed by atoms with Gasteiger partial charge in [-0.1, -0.05) is 12.1 Å². The Morgan fingerprint density at radius 2 is 1.63 bits per heavy atom. The number of Topliss-reactive ketones (excluding diaryl/α,β-unsaturated/α-hetero) is 1. The lowest BCUT2D eigenvalue weighted by Gasteiger charge is -2.33. The summed E-state index contributed by atoms with van der Waals surface area (Å²) in [5.41, 5.74) is 3.19. The molecule has 5 heteroatoms. The number of ketones is 1. The number of hydrogen-bond acceptors (Lipinski definition) is 5. The zero-order chi connectivity index (χ0) is 19.2. The Balaban J connectivity index is 1.52. The number of benzene rings is 2. The molecule has 0 aromatic heterocycles. The van der Waals surface area contributed by atoms with Crippen molar-refractivity contribution >= 4 is 17.4 Å². The summed E-state index contributed by atoms with van der Waals surface area (Å²) in [5, 5.41) is 8.70. The smallest absolute Gasteiger partial charge is 0.338 e. The van der Waals surface area contributed by atoms with Gasteiger partial charge in [0.05, 0.1) is 18.1 Å². The van der Waals surface area contributed by atoms with E-state index in [9.17, 15) is 9.59 Å². The maximum Gasteiger partial charge on any atom is 0.338 e. The molecule has 0 saturated carbocycles. The van der Waals surface area contributed by atoms with Crippen molar-refractivity contribution in [3.8, 4) is 6.07 Å². The molecule has 2 aromatic carbocycles. The van der Waals surface area contributed by atoms with E-state index in [1.807, 2.05) is 24.3 Å². The van der Waals surface area contributed by atoms with Crippen LogP contribution in [0.3, 0.4) is 0 Å². The molecule has 5 nitrogen and oxygen atoms in total. The molecule has 1 aliphatic heterocycles. The summed E-state index contributed by atoms with van der Waals surface area (Å²) in [6.45, 7) is 3.17. The Morgan fingerprint density at radius 3 is 2.19 bits per heavy atom. The molecule has 0 N–H and O–H groups in total. The highest BCUT2D eigenvalue weighted by Crippen LogP contribution is 2.23. The fraction of sp³-hybridized carbons (Fsp3) is 0.318. The minimum atomic E-state index is -0.317. The first-order chi connectivity index (χ1) is 13.1. The van der Waals surface area contributed by atoms with Gasteiger partial charge in [-0.2, -0.15) is 5.26 Å². The number of carbonyl (C=O) groups excluding carboxylic acids is 2. The average molecular weight is 362 g/mol. The zero-order valence-electron chi connectivity index (χ0n) is 15.4. The van der Waals surface area contributed by atoms with Crippen LogP contribution < -0.4 is 4.90 Å². The molecule has 0 spiro atoms. The van der Waals surface area contributed by atoms with E-state index in [2.05, 4.69) is 11.0 Å². The Morgan fingerprint density at radius 1 is 1.04 bits per heavy atom. The summed E-state index contributed by atoms with van der Waals surface area (Å²) in [6.07, 6.45) is 1.78. The number of ether oxygens (including phenoxy) is 1. The molecule has 27 heavy (non-hydrogen) atoms. The molecule has 0 amide bonds. The monoisotopic (exact) mass is 362 g/mol. The van der Waals surface area contributed by atoms with E-state index in [1.165, 1.54) is 0 Å². The number of carbonyl (C=O) groups is 2. The van der Waals surface area contributed by atoms with Crippen LogP contribution in [0.1, 0.15) is 46.0 Å². The van der Waals surface area contributed by atoms with Crippen LogP contribution in [0.5, 0.6) is 0 Å². The van der Waals surface area contributed by atoms with Crippen molar-refractivity contribution in [2.75, 3.05) is 18.0 Å². The van der Waals surface area contributed by atoms with E-state index >= 15 is 0 Å². The highest BCUT2D eigenvalue weighted by Gasteiger charge is 2.23. The van der Waals surface area contributed by atoms with Crippen molar-refractivity contribution in [2.24, 2.45) is 0 Å². The molecule has 1 saturated heterocycles. The van der Waals surface area contributed by atoms with Gasteiger partial charge in [0.15, 0.2) is 5.78 Å². The number of rotatable bonds is 5. The Labute approximate surface area is 159 Å². The van der Waals surface area contributed by atoms with Crippen molar-refractivity contribution in [1.29, 1.82) is 5.26 Å². The van der Waals surface area contributed by atoms with Gasteiger partial charge in [-0.05, 0) is 48.9 Å². The van der Waals surface area contributed by atoms with Crippen molar-refractivity contribution in [3.05, 3.63) is 65.2 Å². The highest BCUT2D eigenvalue weighted by atomic mass is 16.5. The summed E-state index contributed by atoms with van der Waals surface area (Å²) in [5.74, 6) is -0.254. The third-order valence-corrected chi connectivity index (χ3v) is 4.83. The molecule has 3 rings (SSSR count). The number of anilines is 1. The van der Waals surface area contributed by atoms with Gasteiger partial charge in [0.1, 0.15) is 6.10 Å². The molecular formula is C22H22N2O3. The molecule has 0 unspecified atom stereocenters. The fourth-order valence-electron chi connectivity index (χ4n) is 3.21. The molecule has 0 atom stereocenters. The molecule has 0 radical (unpaired) electrons. The minimum absolute atomic E-state index is 0.0628. The molecule has 1 fully saturated rings. The predicted molar refractivity (Wildman–Crippen MR) is 103 cm³/mol. The van der Waals surface area contributed by atoms with Crippen molar-refractivity contribution in [2.45, 2.75) is 32.3 Å². The summed E-state index contributed by atoms with van der Waals surface area (Å²) in [7, 11) is 0. The van der Waals surface area contributed by atoms with Gasteiger partial charge in [-0.3, -0.25) is 4.79 Å². The zero-order valence-corrected chi connectivity index (χ0v) is 15.4. The predicted octanol–water partition coefficient (Wildman–Crippen LogP) is 3.78. The van der Waals surface area contributed by atoms with E-state index in [1.54, 1.807) is 31.2 Å². The summed E-state index contributed by atoms with van der Waals surface area (Å²) in [4.78, 5) is 25.9. The van der Waals surface area contributed by atoms with E-state index in [0.717, 1.165) is 37.2 Å². The van der Waals surface area contributed by atoms with Crippen LogP contribution in [0.15, 0.2) is 48.5 Å². The first-order valence-corrected chi connectivity index (χ1v) is 9.09. The van der Waals surface area contributed by atoms with E-state index < -0.39 is 0 Å². The first-order valence-electron chi connectivity index (χ1n) is 9.09. The summed E-state index contributed by atoms with van der Waals surface area (Å²) in [6, 6.07) is 16.7. The molecular weight excluding hydrogens is 340 g/mol. The lowest BCUT2D eigenvalue weighted by atomic mass is 10.1. The van der Waals surface area contributed by atoms with Gasteiger partial charge in [-0.15, -0.1) is 0 Å². The van der Waals surface area contributed by atoms with Crippen LogP contribution >= 0.6 is 0 Å². The third-order valence-electron chi connectivity index (χ3n) is 4.83. The summed E-state index contributed by atoms with van der Waals surface area (Å²) < 4.78 is 5.64. The van der Waals surface area contributed by atoms with Crippen LogP contribution in [0.25, 0.3) is 0 Å². The fourth-order valence-corrected chi connectivity index (χ4v) is 3.21. The van der Waals surface area contributed by atoms with Gasteiger partial charge < -0.3 is 9.64 Å². The van der Waals surface area contributed by atoms with Crippen molar-refractivity contribution in [1.82, 2.24) is 0 Å². The maximum absolute atomic E-state index is 12.3. The number of esters is 1. The standard InChI is InChI=1S/C22H22N2O3/c1-16(25)18-6-8-20(9-7-18)24-14-11-21(12-15-24)27-22(26)19-4-2-17(3-5-19)10-13-23/h2-9,21H,10-12,14-15H2,1H3. The van der Waals surface area contributed by atoms with Gasteiger partial charge in [0.25, 0.3) is 0 Å². The van der Waals surface area contributed by atoms with Crippen LogP contribution in [-0.2, 0) is 11.2 Å². The molecule has 2 aromatic rings. The van der Waals surface area contributed by atoms with Gasteiger partial charge in [0, 0.05) is 37.2 Å². The Hall–Kier alpha value is -3.13. The Kier molecular flexibility index (Phi) is 5.87. The number of piperidine rings is 1. The highest BCUT2D eigenvalue weighted by molar-refractivity contribution is 5.94. The van der Waals surface area contributed by atoms with Crippen molar-refractivity contribution < 1.29 is 14.3 Å². The number of nitrogens with zero attached hydrogens (tertiary/aromatic N) is 2.